The molecule has 1 fully saturated rings. The molecule has 3 aromatic heterocycles. The summed E-state index contributed by atoms with van der Waals surface area (Å²) in [5.41, 5.74) is 1.45. The van der Waals surface area contributed by atoms with Gasteiger partial charge < -0.3 is 15.4 Å². The average molecular weight is 412 g/mol. The predicted octanol–water partition coefficient (Wildman–Crippen LogP) is 2.33. The molecule has 9 heteroatoms. The molecule has 0 amide bonds. The van der Waals surface area contributed by atoms with Gasteiger partial charge in [-0.25, -0.2) is 15.0 Å². The molecule has 0 bridgehead atoms. The van der Waals surface area contributed by atoms with E-state index in [4.69, 9.17) is 14.7 Å². The summed E-state index contributed by atoms with van der Waals surface area (Å²) in [6.07, 6.45) is 8.64. The summed E-state index contributed by atoms with van der Waals surface area (Å²) in [6, 6.07) is 0. The van der Waals surface area contributed by atoms with Crippen molar-refractivity contribution in [2.24, 2.45) is 0 Å². The van der Waals surface area contributed by atoms with Gasteiger partial charge in [0, 0.05) is 43.4 Å². The summed E-state index contributed by atoms with van der Waals surface area (Å²) in [4.78, 5) is 23.2. The number of morpholine rings is 1. The molecule has 0 radical (unpaired) electrons. The number of hydrogen-bond acceptors (Lipinski definition) is 9. The van der Waals surface area contributed by atoms with Gasteiger partial charge in [0.05, 0.1) is 31.3 Å². The summed E-state index contributed by atoms with van der Waals surface area (Å²) >= 11 is 1.84. The Morgan fingerprint density at radius 1 is 1.07 bits per heavy atom. The zero-order chi connectivity index (χ0) is 19.5. The van der Waals surface area contributed by atoms with Crippen LogP contribution in [0.25, 0.3) is 10.2 Å². The van der Waals surface area contributed by atoms with Crippen molar-refractivity contribution in [3.63, 3.8) is 0 Å². The lowest BCUT2D eigenvalue weighted by Gasteiger charge is -2.25. The molecule has 4 heterocycles. The van der Waals surface area contributed by atoms with Crippen molar-refractivity contribution in [3.05, 3.63) is 34.9 Å². The minimum atomic E-state index is 0.745. The molecule has 2 N–H and O–H groups in total. The maximum atomic E-state index is 5.47. The first kappa shape index (κ1) is 18.7. The standard InChI is InChI=1S/C20H25N7OS/c1-2-14-15(3-1)29-20-18(14)19(24-7-6-23-16-12-21-4-5-22-16)25-17(26-20)13-27-8-10-28-11-9-27/h4-5,12H,1-3,6-11,13H2,(H,22,23)(H,24,25,26). The van der Waals surface area contributed by atoms with E-state index in [0.717, 1.165) is 74.6 Å². The van der Waals surface area contributed by atoms with Crippen LogP contribution in [0.2, 0.25) is 0 Å². The third kappa shape index (κ3) is 4.17. The molecule has 0 unspecified atom stereocenters. The van der Waals surface area contributed by atoms with Crippen LogP contribution in [0.4, 0.5) is 11.6 Å². The molecule has 0 aromatic carbocycles. The fourth-order valence-corrected chi connectivity index (χ4v) is 5.24. The molecule has 5 rings (SSSR count). The molecule has 29 heavy (non-hydrogen) atoms. The summed E-state index contributed by atoms with van der Waals surface area (Å²) in [5, 5.41) is 8.07. The highest BCUT2D eigenvalue weighted by Crippen LogP contribution is 2.39. The van der Waals surface area contributed by atoms with Gasteiger partial charge in [-0.2, -0.15) is 0 Å². The van der Waals surface area contributed by atoms with E-state index in [-0.39, 0.29) is 0 Å². The fraction of sp³-hybridized carbons (Fsp3) is 0.500. The third-order valence-electron chi connectivity index (χ3n) is 5.37. The van der Waals surface area contributed by atoms with Crippen LogP contribution in [-0.2, 0) is 24.1 Å². The summed E-state index contributed by atoms with van der Waals surface area (Å²) < 4.78 is 5.47. The predicted molar refractivity (Wildman–Crippen MR) is 115 cm³/mol. The van der Waals surface area contributed by atoms with Gasteiger partial charge in [-0.05, 0) is 24.8 Å². The molecular weight excluding hydrogens is 386 g/mol. The lowest BCUT2D eigenvalue weighted by Crippen LogP contribution is -2.36. The van der Waals surface area contributed by atoms with Gasteiger partial charge in [-0.1, -0.05) is 0 Å². The van der Waals surface area contributed by atoms with Gasteiger partial charge in [0.1, 0.15) is 22.3 Å². The van der Waals surface area contributed by atoms with Crippen LogP contribution in [0.5, 0.6) is 0 Å². The van der Waals surface area contributed by atoms with E-state index in [1.54, 1.807) is 18.6 Å². The first-order valence-corrected chi connectivity index (χ1v) is 11.0. The highest BCUT2D eigenvalue weighted by atomic mass is 32.1. The van der Waals surface area contributed by atoms with Crippen LogP contribution in [0.3, 0.4) is 0 Å². The molecule has 0 spiro atoms. The van der Waals surface area contributed by atoms with Crippen molar-refractivity contribution in [1.29, 1.82) is 0 Å². The van der Waals surface area contributed by atoms with E-state index in [0.29, 0.717) is 0 Å². The zero-order valence-electron chi connectivity index (χ0n) is 16.4. The Labute approximate surface area is 173 Å². The maximum absolute atomic E-state index is 5.47. The summed E-state index contributed by atoms with van der Waals surface area (Å²) in [6.45, 7) is 5.72. The molecular formula is C20H25N7OS. The normalized spacial score (nSPS) is 16.8. The Morgan fingerprint density at radius 2 is 1.97 bits per heavy atom. The topological polar surface area (TPSA) is 88.1 Å². The number of hydrogen-bond donors (Lipinski definition) is 2. The smallest absolute Gasteiger partial charge is 0.146 e. The Hall–Kier alpha value is -2.36. The Bertz CT molecular complexity index is 972. The number of thiophene rings is 1. The quantitative estimate of drug-likeness (QED) is 0.573. The highest BCUT2D eigenvalue weighted by Gasteiger charge is 2.23. The SMILES string of the molecule is c1cnc(NCCNc2nc(CN3CCOCC3)nc3sc4c(c23)CCC4)cn1. The second kappa shape index (κ2) is 8.56. The minimum Gasteiger partial charge on any atom is -0.379 e. The summed E-state index contributed by atoms with van der Waals surface area (Å²) in [5.74, 6) is 2.65. The number of aromatic nitrogens is 4. The van der Waals surface area contributed by atoms with Gasteiger partial charge in [0.2, 0.25) is 0 Å². The Morgan fingerprint density at radius 3 is 2.83 bits per heavy atom. The number of aryl methyl sites for hydroxylation is 2. The molecule has 1 aliphatic carbocycles. The van der Waals surface area contributed by atoms with E-state index < -0.39 is 0 Å². The molecule has 3 aromatic rings. The van der Waals surface area contributed by atoms with E-state index in [1.807, 2.05) is 11.3 Å². The lowest BCUT2D eigenvalue weighted by atomic mass is 10.2. The number of anilines is 2. The second-order valence-electron chi connectivity index (χ2n) is 7.36. The van der Waals surface area contributed by atoms with Crippen LogP contribution in [0.15, 0.2) is 18.6 Å². The number of nitrogens with zero attached hydrogens (tertiary/aromatic N) is 5. The molecule has 2 aliphatic rings. The first-order chi connectivity index (χ1) is 14.4. The van der Waals surface area contributed by atoms with Gasteiger partial charge in [-0.15, -0.1) is 11.3 Å². The molecule has 1 saturated heterocycles. The fourth-order valence-electron chi connectivity index (χ4n) is 3.96. The van der Waals surface area contributed by atoms with Crippen molar-refractivity contribution in [3.8, 4) is 0 Å². The molecule has 8 nitrogen and oxygen atoms in total. The van der Waals surface area contributed by atoms with Crippen molar-refractivity contribution in [2.45, 2.75) is 25.8 Å². The Balaban J connectivity index is 1.34. The number of rotatable bonds is 7. The van der Waals surface area contributed by atoms with Gasteiger partial charge in [-0.3, -0.25) is 9.88 Å². The molecule has 152 valence electrons. The Kier molecular flexibility index (Phi) is 5.51. The highest BCUT2D eigenvalue weighted by molar-refractivity contribution is 7.19. The van der Waals surface area contributed by atoms with Crippen molar-refractivity contribution < 1.29 is 4.74 Å². The second-order valence-corrected chi connectivity index (χ2v) is 8.44. The number of nitrogens with one attached hydrogen (secondary N) is 2. The van der Waals surface area contributed by atoms with Crippen LogP contribution in [-0.4, -0.2) is 64.2 Å². The van der Waals surface area contributed by atoms with Gasteiger partial charge in [0.25, 0.3) is 0 Å². The van der Waals surface area contributed by atoms with E-state index in [9.17, 15) is 0 Å². The maximum Gasteiger partial charge on any atom is 0.146 e. The molecule has 1 aliphatic heterocycles. The van der Waals surface area contributed by atoms with Crippen LogP contribution in [0.1, 0.15) is 22.7 Å². The average Bonchev–Trinajstić information content (AvgIpc) is 3.33. The molecule has 0 saturated carbocycles. The zero-order valence-corrected chi connectivity index (χ0v) is 17.2. The van der Waals surface area contributed by atoms with E-state index in [1.165, 1.54) is 28.7 Å². The largest absolute Gasteiger partial charge is 0.379 e. The number of ether oxygens (including phenoxy) is 1. The first-order valence-electron chi connectivity index (χ1n) is 10.2. The minimum absolute atomic E-state index is 0.745. The number of fused-ring (bicyclic) bond motifs is 3. The van der Waals surface area contributed by atoms with E-state index in [2.05, 4.69) is 25.5 Å². The van der Waals surface area contributed by atoms with Crippen LogP contribution >= 0.6 is 11.3 Å². The van der Waals surface area contributed by atoms with Crippen LogP contribution < -0.4 is 10.6 Å². The third-order valence-corrected chi connectivity index (χ3v) is 6.55. The van der Waals surface area contributed by atoms with Gasteiger partial charge >= 0.3 is 0 Å². The van der Waals surface area contributed by atoms with Gasteiger partial charge in [0.15, 0.2) is 0 Å². The van der Waals surface area contributed by atoms with Crippen molar-refractivity contribution >= 4 is 33.2 Å². The lowest BCUT2D eigenvalue weighted by molar-refractivity contribution is 0.0331. The monoisotopic (exact) mass is 411 g/mol. The molecule has 0 atom stereocenters. The van der Waals surface area contributed by atoms with Crippen molar-refractivity contribution in [1.82, 2.24) is 24.8 Å². The van der Waals surface area contributed by atoms with Crippen LogP contribution in [0, 0.1) is 0 Å². The van der Waals surface area contributed by atoms with E-state index >= 15 is 0 Å². The summed E-state index contributed by atoms with van der Waals surface area (Å²) in [7, 11) is 0. The van der Waals surface area contributed by atoms with Crippen molar-refractivity contribution in [2.75, 3.05) is 50.0 Å².